The van der Waals surface area contributed by atoms with E-state index in [1.54, 1.807) is 14.1 Å². The van der Waals surface area contributed by atoms with E-state index in [4.69, 9.17) is 46.4 Å². The number of halogens is 4. The zero-order valence-corrected chi connectivity index (χ0v) is 11.0. The van der Waals surface area contributed by atoms with Gasteiger partial charge in [0, 0.05) is 0 Å². The third kappa shape index (κ3) is 2.55. The van der Waals surface area contributed by atoms with Crippen molar-refractivity contribution in [3.05, 3.63) is 0 Å². The smallest absolute Gasteiger partial charge is 0.309 e. The highest BCUT2D eigenvalue weighted by Crippen LogP contribution is 2.46. The van der Waals surface area contributed by atoms with E-state index in [2.05, 4.69) is 0 Å². The quantitative estimate of drug-likeness (QED) is 0.475. The molecule has 0 spiro atoms. The first kappa shape index (κ1) is 14.1. The van der Waals surface area contributed by atoms with Crippen LogP contribution in [0.25, 0.3) is 0 Å². The second-order valence-electron chi connectivity index (χ2n) is 3.72. The van der Waals surface area contributed by atoms with Gasteiger partial charge in [-0.15, -0.1) is 0 Å². The van der Waals surface area contributed by atoms with Gasteiger partial charge in [0.05, 0.1) is 20.1 Å². The maximum Gasteiger partial charge on any atom is 0.309 e. The summed E-state index contributed by atoms with van der Waals surface area (Å²) in [6, 6.07) is 0.0685. The van der Waals surface area contributed by atoms with Gasteiger partial charge in [-0.05, 0) is 37.0 Å². The Morgan fingerprint density at radius 3 is 1.46 bits per heavy atom. The van der Waals surface area contributed by atoms with Crippen molar-refractivity contribution in [1.29, 1.82) is 0 Å². The summed E-state index contributed by atoms with van der Waals surface area (Å²) in [6.07, 6.45) is 0. The van der Waals surface area contributed by atoms with E-state index in [1.165, 1.54) is 0 Å². The molecule has 0 atom stereocenters. The summed E-state index contributed by atoms with van der Waals surface area (Å²) >= 11 is 22.8. The average molecular weight is 270 g/mol. The topological polar surface area (TPSA) is 20.2 Å². The summed E-state index contributed by atoms with van der Waals surface area (Å²) in [7, 11) is 3.47. The van der Waals surface area contributed by atoms with Gasteiger partial charge in [-0.25, -0.2) is 0 Å². The Bertz CT molecular complexity index is 185. The van der Waals surface area contributed by atoms with Crippen molar-refractivity contribution >= 4 is 46.4 Å². The average Bonchev–Trinajstić information content (AvgIpc) is 1.84. The third-order valence-corrected chi connectivity index (χ3v) is 4.73. The molecule has 0 aliphatic rings. The largest absolute Gasteiger partial charge is 0.356 e. The number of aliphatic hydroxyl groups is 1. The minimum atomic E-state index is -2.19. The first-order chi connectivity index (χ1) is 5.44. The van der Waals surface area contributed by atoms with Crippen molar-refractivity contribution in [1.82, 2.24) is 0 Å². The van der Waals surface area contributed by atoms with E-state index in [-0.39, 0.29) is 10.5 Å². The molecule has 0 aliphatic heterocycles. The molecule has 80 valence electrons. The molecule has 0 fully saturated rings. The van der Waals surface area contributed by atoms with E-state index in [9.17, 15) is 5.11 Å². The van der Waals surface area contributed by atoms with E-state index in [0.29, 0.717) is 0 Å². The Kier molecular flexibility index (Phi) is 4.24. The predicted octanol–water partition coefficient (Wildman–Crippen LogP) is 2.73. The van der Waals surface area contributed by atoms with Gasteiger partial charge in [-0.3, -0.25) is 4.48 Å². The van der Waals surface area contributed by atoms with Gasteiger partial charge in [0.15, 0.2) is 0 Å². The van der Waals surface area contributed by atoms with Crippen molar-refractivity contribution in [2.24, 2.45) is 0 Å². The molecular formula is C7H14Cl4NO+. The lowest BCUT2D eigenvalue weighted by atomic mass is 10.3. The normalized spacial score (nSPS) is 15.2. The minimum Gasteiger partial charge on any atom is -0.356 e. The van der Waals surface area contributed by atoms with Gasteiger partial charge in [-0.2, -0.15) is 0 Å². The molecule has 0 heterocycles. The van der Waals surface area contributed by atoms with Crippen molar-refractivity contribution in [3.8, 4) is 0 Å². The van der Waals surface area contributed by atoms with E-state index < -0.39 is 8.98 Å². The first-order valence-corrected chi connectivity index (χ1v) is 5.27. The monoisotopic (exact) mass is 268 g/mol. The summed E-state index contributed by atoms with van der Waals surface area (Å²) in [5, 5.41) is 9.38. The molecule has 0 saturated heterocycles. The third-order valence-electron chi connectivity index (χ3n) is 2.38. The Morgan fingerprint density at radius 2 is 1.38 bits per heavy atom. The number of hydrogen-bond donors (Lipinski definition) is 1. The summed E-state index contributed by atoms with van der Waals surface area (Å²) in [5.41, 5.74) is 0. The zero-order chi connectivity index (χ0) is 11.1. The summed E-state index contributed by atoms with van der Waals surface area (Å²) in [6.45, 7) is 3.80. The molecule has 0 amide bonds. The summed E-state index contributed by atoms with van der Waals surface area (Å²) in [5.74, 6) is 0. The highest BCUT2D eigenvalue weighted by atomic mass is 35.5. The Balaban J connectivity index is 5.04. The van der Waals surface area contributed by atoms with Gasteiger partial charge in [0.2, 0.25) is 0 Å². The maximum atomic E-state index is 9.38. The molecular weight excluding hydrogens is 256 g/mol. The molecule has 0 saturated carbocycles. The molecule has 2 nitrogen and oxygen atoms in total. The second kappa shape index (κ2) is 3.92. The van der Waals surface area contributed by atoms with Crippen LogP contribution in [0, 0.1) is 0 Å². The van der Waals surface area contributed by atoms with Crippen molar-refractivity contribution in [2.45, 2.75) is 28.9 Å². The molecule has 0 rings (SSSR count). The molecule has 0 bridgehead atoms. The Hall–Kier alpha value is 1.08. The number of nitrogens with zero attached hydrogens (tertiary/aromatic N) is 1. The molecule has 1 N–H and O–H groups in total. The number of likely N-dealkylation sites (N-methyl/N-ethyl adjacent to an activating group) is 1. The fourth-order valence-electron chi connectivity index (χ4n) is 0.671. The van der Waals surface area contributed by atoms with Crippen LogP contribution in [0.2, 0.25) is 0 Å². The van der Waals surface area contributed by atoms with Crippen LogP contribution in [0.1, 0.15) is 13.8 Å². The first-order valence-electron chi connectivity index (χ1n) is 3.76. The maximum absolute atomic E-state index is 9.38. The van der Waals surface area contributed by atoms with Crippen LogP contribution in [-0.2, 0) is 0 Å². The van der Waals surface area contributed by atoms with Gasteiger partial charge in [-0.1, -0.05) is 23.2 Å². The van der Waals surface area contributed by atoms with Crippen LogP contribution in [0.3, 0.4) is 0 Å². The molecule has 0 aromatic carbocycles. The van der Waals surface area contributed by atoms with E-state index >= 15 is 0 Å². The van der Waals surface area contributed by atoms with Crippen molar-refractivity contribution in [3.63, 3.8) is 0 Å². The standard InChI is InChI=1S/C7H14Cl4NO/c1-5(2)12(3,4)6(8,9)7(10,11)13/h5,13H,1-4H3/q+1. The lowest BCUT2D eigenvalue weighted by molar-refractivity contribution is -0.936. The van der Waals surface area contributed by atoms with Gasteiger partial charge >= 0.3 is 8.98 Å². The predicted molar refractivity (Wildman–Crippen MR) is 58.3 cm³/mol. The highest BCUT2D eigenvalue weighted by molar-refractivity contribution is 6.60. The van der Waals surface area contributed by atoms with E-state index in [0.717, 1.165) is 0 Å². The lowest BCUT2D eigenvalue weighted by Gasteiger charge is -2.46. The van der Waals surface area contributed by atoms with Crippen LogP contribution >= 0.6 is 46.4 Å². The fraction of sp³-hybridized carbons (Fsp3) is 1.00. The van der Waals surface area contributed by atoms with Crippen molar-refractivity contribution < 1.29 is 9.59 Å². The summed E-state index contributed by atoms with van der Waals surface area (Å²) in [4.78, 5) is 0. The second-order valence-corrected chi connectivity index (χ2v) is 6.29. The van der Waals surface area contributed by atoms with Crippen molar-refractivity contribution in [2.75, 3.05) is 14.1 Å². The molecule has 0 unspecified atom stereocenters. The number of quaternary nitrogens is 1. The molecule has 0 radical (unpaired) electrons. The van der Waals surface area contributed by atoms with Gasteiger partial charge < -0.3 is 5.11 Å². The van der Waals surface area contributed by atoms with Gasteiger partial charge in [0.25, 0.3) is 0 Å². The minimum absolute atomic E-state index is 0.0685. The SMILES string of the molecule is CC(C)[N+](C)(C)C(Cl)(Cl)C(O)(Cl)Cl. The Morgan fingerprint density at radius 1 is 1.08 bits per heavy atom. The highest BCUT2D eigenvalue weighted by Gasteiger charge is 2.59. The molecule has 13 heavy (non-hydrogen) atoms. The number of alkyl halides is 4. The fourth-order valence-corrected chi connectivity index (χ4v) is 1.50. The van der Waals surface area contributed by atoms with Crippen LogP contribution in [0.15, 0.2) is 0 Å². The van der Waals surface area contributed by atoms with Gasteiger partial charge in [0.1, 0.15) is 0 Å². The molecule has 0 aromatic rings. The number of rotatable bonds is 3. The summed E-state index contributed by atoms with van der Waals surface area (Å²) < 4.78 is -3.78. The zero-order valence-electron chi connectivity index (χ0n) is 7.98. The van der Waals surface area contributed by atoms with Crippen LogP contribution < -0.4 is 0 Å². The Labute approximate surface area is 98.9 Å². The number of hydrogen-bond acceptors (Lipinski definition) is 1. The lowest BCUT2D eigenvalue weighted by Crippen LogP contribution is -2.64. The van der Waals surface area contributed by atoms with Crippen LogP contribution in [-0.4, -0.2) is 38.7 Å². The van der Waals surface area contributed by atoms with Crippen LogP contribution in [0.4, 0.5) is 0 Å². The molecule has 6 heteroatoms. The molecule has 0 aromatic heterocycles. The van der Waals surface area contributed by atoms with E-state index in [1.807, 2.05) is 13.8 Å². The molecule has 0 aliphatic carbocycles. The van der Waals surface area contributed by atoms with Crippen LogP contribution in [0.5, 0.6) is 0 Å².